The summed E-state index contributed by atoms with van der Waals surface area (Å²) in [5, 5.41) is 2.85. The van der Waals surface area contributed by atoms with E-state index in [0.29, 0.717) is 11.8 Å². The summed E-state index contributed by atoms with van der Waals surface area (Å²) in [6, 6.07) is 8.06. The van der Waals surface area contributed by atoms with Gasteiger partial charge in [0.25, 0.3) is 0 Å². The molecule has 108 valence electrons. The van der Waals surface area contributed by atoms with Gasteiger partial charge >= 0.3 is 0 Å². The van der Waals surface area contributed by atoms with Crippen molar-refractivity contribution in [3.05, 3.63) is 40.8 Å². The van der Waals surface area contributed by atoms with Crippen LogP contribution in [0.3, 0.4) is 0 Å². The number of hydrogen-bond acceptors (Lipinski definition) is 5. The molecular formula is C16H17N3OS. The maximum absolute atomic E-state index is 5.92. The number of anilines is 1. The fourth-order valence-electron chi connectivity index (χ4n) is 2.39. The molecule has 0 saturated carbocycles. The number of hydrogen-bond donors (Lipinski definition) is 1. The van der Waals surface area contributed by atoms with E-state index in [9.17, 15) is 0 Å². The summed E-state index contributed by atoms with van der Waals surface area (Å²) in [6.45, 7) is 6.46. The Morgan fingerprint density at radius 3 is 2.71 bits per heavy atom. The summed E-state index contributed by atoms with van der Waals surface area (Å²) in [5.74, 6) is 2.01. The standard InChI is InChI=1S/C16H17N3OS/c1-9(2)12-5-4-11(8-10(12)3)20-14-13-6-7-21-15(13)19-16(17)18-14/h4-9H,1-3H3,(H2,17,18,19). The van der Waals surface area contributed by atoms with Gasteiger partial charge in [-0.1, -0.05) is 19.9 Å². The highest BCUT2D eigenvalue weighted by Gasteiger charge is 2.11. The molecule has 0 spiro atoms. The minimum atomic E-state index is 0.232. The lowest BCUT2D eigenvalue weighted by Gasteiger charge is -2.12. The summed E-state index contributed by atoms with van der Waals surface area (Å²) >= 11 is 1.52. The lowest BCUT2D eigenvalue weighted by molar-refractivity contribution is 0.468. The molecule has 2 aromatic heterocycles. The minimum absolute atomic E-state index is 0.232. The molecule has 3 rings (SSSR count). The molecule has 0 aliphatic carbocycles. The van der Waals surface area contributed by atoms with Crippen molar-refractivity contribution in [3.63, 3.8) is 0 Å². The van der Waals surface area contributed by atoms with Crippen LogP contribution in [0.15, 0.2) is 29.6 Å². The first-order valence-corrected chi connectivity index (χ1v) is 7.71. The molecule has 0 bridgehead atoms. The molecule has 5 heteroatoms. The van der Waals surface area contributed by atoms with Crippen LogP contribution in [0, 0.1) is 6.92 Å². The highest BCUT2D eigenvalue weighted by atomic mass is 32.1. The second kappa shape index (κ2) is 5.33. The van der Waals surface area contributed by atoms with E-state index in [1.165, 1.54) is 22.5 Å². The van der Waals surface area contributed by atoms with E-state index in [2.05, 4.69) is 36.8 Å². The number of rotatable bonds is 3. The zero-order chi connectivity index (χ0) is 15.0. The van der Waals surface area contributed by atoms with Gasteiger partial charge in [-0.2, -0.15) is 4.98 Å². The first-order valence-electron chi connectivity index (χ1n) is 6.83. The van der Waals surface area contributed by atoms with Crippen molar-refractivity contribution in [1.29, 1.82) is 0 Å². The molecule has 0 atom stereocenters. The Morgan fingerprint density at radius 2 is 2.00 bits per heavy atom. The van der Waals surface area contributed by atoms with Gasteiger partial charge in [-0.05, 0) is 47.5 Å². The van der Waals surface area contributed by atoms with E-state index in [0.717, 1.165) is 16.0 Å². The molecule has 21 heavy (non-hydrogen) atoms. The lowest BCUT2D eigenvalue weighted by atomic mass is 9.98. The number of ether oxygens (including phenoxy) is 1. The Bertz CT molecular complexity index is 795. The summed E-state index contributed by atoms with van der Waals surface area (Å²) in [5.41, 5.74) is 8.27. The maximum atomic E-state index is 5.92. The summed E-state index contributed by atoms with van der Waals surface area (Å²) in [6.07, 6.45) is 0. The van der Waals surface area contributed by atoms with Crippen LogP contribution in [0.5, 0.6) is 11.6 Å². The van der Waals surface area contributed by atoms with Crippen LogP contribution in [0.25, 0.3) is 10.2 Å². The number of thiophene rings is 1. The average Bonchev–Trinajstić information content (AvgIpc) is 2.86. The third kappa shape index (κ3) is 2.69. The number of aryl methyl sites for hydroxylation is 1. The van der Waals surface area contributed by atoms with Crippen molar-refractivity contribution < 1.29 is 4.74 Å². The molecule has 0 fully saturated rings. The first kappa shape index (κ1) is 13.8. The van der Waals surface area contributed by atoms with Gasteiger partial charge in [0.15, 0.2) is 0 Å². The second-order valence-electron chi connectivity index (χ2n) is 5.30. The normalized spacial score (nSPS) is 11.2. The van der Waals surface area contributed by atoms with Crippen LogP contribution < -0.4 is 10.5 Å². The van der Waals surface area contributed by atoms with Crippen molar-refractivity contribution in [2.75, 3.05) is 5.73 Å². The molecule has 0 aliphatic rings. The van der Waals surface area contributed by atoms with E-state index < -0.39 is 0 Å². The molecule has 2 heterocycles. The van der Waals surface area contributed by atoms with Crippen LogP contribution in [-0.4, -0.2) is 9.97 Å². The van der Waals surface area contributed by atoms with Crippen molar-refractivity contribution in [2.45, 2.75) is 26.7 Å². The fraction of sp³-hybridized carbons (Fsp3) is 0.250. The number of fused-ring (bicyclic) bond motifs is 1. The summed E-state index contributed by atoms with van der Waals surface area (Å²) in [4.78, 5) is 9.25. The van der Waals surface area contributed by atoms with Gasteiger partial charge in [-0.25, -0.2) is 4.98 Å². The maximum Gasteiger partial charge on any atom is 0.232 e. The van der Waals surface area contributed by atoms with Gasteiger partial charge in [-0.3, -0.25) is 0 Å². The van der Waals surface area contributed by atoms with Gasteiger partial charge < -0.3 is 10.5 Å². The minimum Gasteiger partial charge on any atom is -0.438 e. The predicted molar refractivity (Wildman–Crippen MR) is 87.2 cm³/mol. The van der Waals surface area contributed by atoms with Crippen LogP contribution in [0.4, 0.5) is 5.95 Å². The van der Waals surface area contributed by atoms with Gasteiger partial charge in [0.2, 0.25) is 11.8 Å². The molecule has 0 amide bonds. The van der Waals surface area contributed by atoms with Gasteiger partial charge in [-0.15, -0.1) is 11.3 Å². The molecule has 1 aromatic carbocycles. The van der Waals surface area contributed by atoms with Crippen LogP contribution in [-0.2, 0) is 0 Å². The highest BCUT2D eigenvalue weighted by Crippen LogP contribution is 2.32. The Balaban J connectivity index is 1.99. The van der Waals surface area contributed by atoms with Crippen molar-refractivity contribution in [2.24, 2.45) is 0 Å². The van der Waals surface area contributed by atoms with Gasteiger partial charge in [0, 0.05) is 0 Å². The zero-order valence-corrected chi connectivity index (χ0v) is 13.1. The lowest BCUT2D eigenvalue weighted by Crippen LogP contribution is -1.98. The molecule has 3 aromatic rings. The van der Waals surface area contributed by atoms with E-state index >= 15 is 0 Å². The Kier molecular flexibility index (Phi) is 3.51. The second-order valence-corrected chi connectivity index (χ2v) is 6.20. The average molecular weight is 299 g/mol. The third-order valence-corrected chi connectivity index (χ3v) is 4.19. The monoisotopic (exact) mass is 299 g/mol. The topological polar surface area (TPSA) is 61.0 Å². The molecular weight excluding hydrogens is 282 g/mol. The van der Waals surface area contributed by atoms with E-state index in [-0.39, 0.29) is 5.95 Å². The van der Waals surface area contributed by atoms with E-state index in [4.69, 9.17) is 10.5 Å². The van der Waals surface area contributed by atoms with E-state index in [1.54, 1.807) is 0 Å². The van der Waals surface area contributed by atoms with Gasteiger partial charge in [0.05, 0.1) is 5.39 Å². The largest absolute Gasteiger partial charge is 0.438 e. The number of benzene rings is 1. The summed E-state index contributed by atoms with van der Waals surface area (Å²) < 4.78 is 5.92. The quantitative estimate of drug-likeness (QED) is 0.773. The van der Waals surface area contributed by atoms with Gasteiger partial charge in [0.1, 0.15) is 10.6 Å². The van der Waals surface area contributed by atoms with Crippen molar-refractivity contribution in [3.8, 4) is 11.6 Å². The number of aromatic nitrogens is 2. The van der Waals surface area contributed by atoms with E-state index in [1.807, 2.05) is 23.6 Å². The Hall–Kier alpha value is -2.14. The van der Waals surface area contributed by atoms with Crippen molar-refractivity contribution >= 4 is 27.5 Å². The number of nitrogen functional groups attached to an aromatic ring is 1. The predicted octanol–water partition coefficient (Wildman–Crippen LogP) is 4.50. The zero-order valence-electron chi connectivity index (χ0n) is 12.3. The highest BCUT2D eigenvalue weighted by molar-refractivity contribution is 7.16. The number of nitrogens with two attached hydrogens (primary N) is 1. The SMILES string of the molecule is Cc1cc(Oc2nc(N)nc3sccc23)ccc1C(C)C. The summed E-state index contributed by atoms with van der Waals surface area (Å²) in [7, 11) is 0. The Labute approximate surface area is 127 Å². The van der Waals surface area contributed by atoms with Crippen molar-refractivity contribution in [1.82, 2.24) is 9.97 Å². The molecule has 0 aliphatic heterocycles. The van der Waals surface area contributed by atoms with Crippen LogP contribution in [0.1, 0.15) is 30.9 Å². The Morgan fingerprint density at radius 1 is 1.19 bits per heavy atom. The number of nitrogens with zero attached hydrogens (tertiary/aromatic N) is 2. The molecule has 0 saturated heterocycles. The smallest absolute Gasteiger partial charge is 0.232 e. The fourth-order valence-corrected chi connectivity index (χ4v) is 3.15. The first-order chi connectivity index (χ1) is 10.0. The molecule has 2 N–H and O–H groups in total. The molecule has 0 unspecified atom stereocenters. The molecule has 0 radical (unpaired) electrons. The van der Waals surface area contributed by atoms with Crippen LogP contribution >= 0.6 is 11.3 Å². The molecule has 4 nitrogen and oxygen atoms in total. The van der Waals surface area contributed by atoms with Crippen LogP contribution in [0.2, 0.25) is 0 Å². The third-order valence-electron chi connectivity index (χ3n) is 3.39.